The summed E-state index contributed by atoms with van der Waals surface area (Å²) in [5.74, 6) is 0. The number of hydrogen-bond donors (Lipinski definition) is 0. The molecule has 0 spiro atoms. The van der Waals surface area contributed by atoms with Gasteiger partial charge in [0.15, 0.2) is 0 Å². The summed E-state index contributed by atoms with van der Waals surface area (Å²) in [7, 11) is 2.09. The summed E-state index contributed by atoms with van der Waals surface area (Å²) in [6.45, 7) is 2.17. The number of allylic oxidation sites excluding steroid dienone is 1. The molecule has 1 aromatic rings. The van der Waals surface area contributed by atoms with E-state index in [9.17, 15) is 0 Å². The molecule has 0 bridgehead atoms. The van der Waals surface area contributed by atoms with Crippen LogP contribution in [-0.4, -0.2) is 4.57 Å². The predicted molar refractivity (Wildman–Crippen MR) is 50.5 cm³/mol. The van der Waals surface area contributed by atoms with E-state index in [4.69, 9.17) is 0 Å². The van der Waals surface area contributed by atoms with Crippen LogP contribution in [0.25, 0.3) is 6.08 Å². The van der Waals surface area contributed by atoms with Gasteiger partial charge in [0.05, 0.1) is 0 Å². The van der Waals surface area contributed by atoms with Gasteiger partial charge in [0.1, 0.15) is 0 Å². The maximum absolute atomic E-state index is 3.53. The molecule has 0 amide bonds. The van der Waals surface area contributed by atoms with Crippen molar-refractivity contribution in [2.75, 3.05) is 0 Å². The van der Waals surface area contributed by atoms with Crippen LogP contribution in [0.5, 0.6) is 0 Å². The summed E-state index contributed by atoms with van der Waals surface area (Å²) >= 11 is 3.53. The van der Waals surface area contributed by atoms with Crippen LogP contribution in [0.1, 0.15) is 18.2 Å². The van der Waals surface area contributed by atoms with Crippen molar-refractivity contribution in [3.8, 4) is 0 Å². The molecule has 1 nitrogen and oxygen atoms in total. The maximum Gasteiger partial charge on any atom is 0.0427 e. The van der Waals surface area contributed by atoms with Gasteiger partial charge in [-0.3, -0.25) is 0 Å². The van der Waals surface area contributed by atoms with E-state index in [0.29, 0.717) is 0 Å². The molecule has 2 heteroatoms. The minimum atomic E-state index is 1.11. The number of hydrogen-bond acceptors (Lipinski definition) is 0. The molecule has 58 valence electrons. The smallest absolute Gasteiger partial charge is 0.0427 e. The Balaban J connectivity index is 2.62. The maximum atomic E-state index is 3.53. The van der Waals surface area contributed by atoms with Crippen molar-refractivity contribution in [1.82, 2.24) is 4.57 Å². The molecule has 0 unspecified atom stereocenters. The molecule has 0 aliphatic heterocycles. The zero-order valence-electron chi connectivity index (χ0n) is 6.69. The van der Waals surface area contributed by atoms with Gasteiger partial charge in [-0.15, -0.1) is 0 Å². The fraction of sp³-hybridized carbons (Fsp3) is 0.333. The highest BCUT2D eigenvalue weighted by Gasteiger charge is 2.15. The molecule has 11 heavy (non-hydrogen) atoms. The van der Waals surface area contributed by atoms with E-state index < -0.39 is 0 Å². The van der Waals surface area contributed by atoms with Crippen molar-refractivity contribution < 1.29 is 0 Å². The second-order valence-corrected chi connectivity index (χ2v) is 3.97. The number of aryl methyl sites for hydroxylation is 1. The minimum absolute atomic E-state index is 1.11. The van der Waals surface area contributed by atoms with Gasteiger partial charge in [0.25, 0.3) is 0 Å². The molecule has 0 aromatic carbocycles. The van der Waals surface area contributed by atoms with E-state index in [1.165, 1.54) is 21.3 Å². The number of fused-ring (bicyclic) bond motifs is 1. The van der Waals surface area contributed by atoms with Crippen molar-refractivity contribution in [1.29, 1.82) is 0 Å². The van der Waals surface area contributed by atoms with Crippen molar-refractivity contribution in [3.63, 3.8) is 0 Å². The average molecular weight is 212 g/mol. The fourth-order valence-electron chi connectivity index (χ4n) is 1.58. The summed E-state index contributed by atoms with van der Waals surface area (Å²) in [6.07, 6.45) is 5.48. The molecule has 0 N–H and O–H groups in total. The Morgan fingerprint density at radius 2 is 2.27 bits per heavy atom. The normalized spacial score (nSPS) is 15.0. The van der Waals surface area contributed by atoms with E-state index in [1.807, 2.05) is 0 Å². The molecule has 0 saturated carbocycles. The number of nitrogens with zero attached hydrogens (tertiary/aromatic N) is 1. The quantitative estimate of drug-likeness (QED) is 0.623. The van der Waals surface area contributed by atoms with Gasteiger partial charge in [-0.2, -0.15) is 0 Å². The van der Waals surface area contributed by atoms with Gasteiger partial charge in [0.2, 0.25) is 0 Å². The van der Waals surface area contributed by atoms with Crippen LogP contribution in [0.3, 0.4) is 0 Å². The topological polar surface area (TPSA) is 4.93 Å². The molecule has 2 rings (SSSR count). The van der Waals surface area contributed by atoms with Gasteiger partial charge in [-0.1, -0.05) is 11.6 Å². The van der Waals surface area contributed by atoms with Crippen molar-refractivity contribution in [2.45, 2.75) is 13.3 Å². The molecule has 1 aromatic heterocycles. The lowest BCUT2D eigenvalue weighted by Crippen LogP contribution is -1.92. The Morgan fingerprint density at radius 3 is 2.91 bits per heavy atom. The summed E-state index contributed by atoms with van der Waals surface area (Å²) in [4.78, 5) is 0. The summed E-state index contributed by atoms with van der Waals surface area (Å²) in [5.41, 5.74) is 4.24. The third-order valence-corrected chi connectivity index (χ3v) is 2.77. The lowest BCUT2D eigenvalue weighted by atomic mass is 10.2. The van der Waals surface area contributed by atoms with Gasteiger partial charge >= 0.3 is 0 Å². The molecule has 1 heterocycles. The number of halogens is 1. The SMILES string of the molecule is CC1=Cc2c(Br)cn(C)c2C1. The van der Waals surface area contributed by atoms with Crippen LogP contribution in [0.2, 0.25) is 0 Å². The van der Waals surface area contributed by atoms with Crippen LogP contribution in [0.15, 0.2) is 16.2 Å². The first-order chi connectivity index (χ1) is 5.18. The van der Waals surface area contributed by atoms with Gasteiger partial charge in [-0.25, -0.2) is 0 Å². The van der Waals surface area contributed by atoms with E-state index in [1.54, 1.807) is 0 Å². The third-order valence-electron chi connectivity index (χ3n) is 2.14. The van der Waals surface area contributed by atoms with Crippen LogP contribution < -0.4 is 0 Å². The first kappa shape index (κ1) is 7.17. The van der Waals surface area contributed by atoms with Crippen molar-refractivity contribution >= 4 is 22.0 Å². The van der Waals surface area contributed by atoms with E-state index in [0.717, 1.165) is 6.42 Å². The lowest BCUT2D eigenvalue weighted by Gasteiger charge is -1.97. The highest BCUT2D eigenvalue weighted by molar-refractivity contribution is 9.10. The number of rotatable bonds is 0. The van der Waals surface area contributed by atoms with Crippen molar-refractivity contribution in [3.05, 3.63) is 27.5 Å². The average Bonchev–Trinajstić information content (AvgIpc) is 2.38. The molecule has 0 atom stereocenters. The second kappa shape index (κ2) is 2.24. The van der Waals surface area contributed by atoms with Gasteiger partial charge < -0.3 is 4.57 Å². The largest absolute Gasteiger partial charge is 0.352 e. The Kier molecular flexibility index (Phi) is 1.46. The summed E-state index contributed by atoms with van der Waals surface area (Å²) < 4.78 is 3.40. The fourth-order valence-corrected chi connectivity index (χ4v) is 2.23. The third kappa shape index (κ3) is 0.968. The van der Waals surface area contributed by atoms with Crippen LogP contribution in [0, 0.1) is 0 Å². The van der Waals surface area contributed by atoms with Gasteiger partial charge in [0, 0.05) is 35.4 Å². The Morgan fingerprint density at radius 1 is 1.55 bits per heavy atom. The first-order valence-electron chi connectivity index (χ1n) is 3.69. The second-order valence-electron chi connectivity index (χ2n) is 3.12. The van der Waals surface area contributed by atoms with Crippen LogP contribution >= 0.6 is 15.9 Å². The monoisotopic (exact) mass is 211 g/mol. The van der Waals surface area contributed by atoms with Crippen molar-refractivity contribution in [2.24, 2.45) is 7.05 Å². The summed E-state index contributed by atoms with van der Waals surface area (Å²) in [6, 6.07) is 0. The van der Waals surface area contributed by atoms with Crippen LogP contribution in [0.4, 0.5) is 0 Å². The molecular formula is C9H10BrN. The Bertz CT molecular complexity index is 334. The molecule has 0 radical (unpaired) electrons. The molecule has 0 fully saturated rings. The Hall–Kier alpha value is -0.500. The minimum Gasteiger partial charge on any atom is -0.352 e. The van der Waals surface area contributed by atoms with E-state index in [2.05, 4.69) is 46.7 Å². The van der Waals surface area contributed by atoms with Gasteiger partial charge in [-0.05, 0) is 22.9 Å². The molecule has 0 saturated heterocycles. The predicted octanol–water partition coefficient (Wildman–Crippen LogP) is 2.75. The number of aromatic nitrogens is 1. The Labute approximate surface area is 74.8 Å². The zero-order valence-corrected chi connectivity index (χ0v) is 8.27. The molecular weight excluding hydrogens is 202 g/mol. The molecule has 1 aliphatic rings. The first-order valence-corrected chi connectivity index (χ1v) is 4.48. The molecule has 1 aliphatic carbocycles. The standard InChI is InChI=1S/C9H10BrN/c1-6-3-7-8(10)5-11(2)9(7)4-6/h3,5H,4H2,1-2H3. The van der Waals surface area contributed by atoms with E-state index >= 15 is 0 Å². The zero-order chi connectivity index (χ0) is 8.01. The highest BCUT2D eigenvalue weighted by atomic mass is 79.9. The van der Waals surface area contributed by atoms with E-state index in [-0.39, 0.29) is 0 Å². The highest BCUT2D eigenvalue weighted by Crippen LogP contribution is 2.31. The van der Waals surface area contributed by atoms with Crippen LogP contribution in [-0.2, 0) is 13.5 Å². The summed E-state index contributed by atoms with van der Waals surface area (Å²) in [5, 5.41) is 0. The lowest BCUT2D eigenvalue weighted by molar-refractivity contribution is 0.851.